The Kier molecular flexibility index (Phi) is 3.98. The van der Waals surface area contributed by atoms with Gasteiger partial charge in [-0.2, -0.15) is 10.1 Å². The van der Waals surface area contributed by atoms with Gasteiger partial charge in [-0.1, -0.05) is 6.07 Å². The summed E-state index contributed by atoms with van der Waals surface area (Å²) in [7, 11) is 0. The Balaban J connectivity index is 1.91. The second-order valence-electron chi connectivity index (χ2n) is 5.46. The van der Waals surface area contributed by atoms with E-state index in [-0.39, 0.29) is 23.0 Å². The van der Waals surface area contributed by atoms with Crippen LogP contribution in [-0.2, 0) is 4.79 Å². The molecule has 0 fully saturated rings. The number of hydrogen-bond acceptors (Lipinski definition) is 5. The second kappa shape index (κ2) is 6.12. The third-order valence-corrected chi connectivity index (χ3v) is 3.73. The van der Waals surface area contributed by atoms with Crippen LogP contribution in [0.15, 0.2) is 53.1 Å². The number of anilines is 1. The van der Waals surface area contributed by atoms with Crippen molar-refractivity contribution in [2.24, 2.45) is 5.10 Å². The minimum absolute atomic E-state index is 0.117. The molecule has 3 N–H and O–H groups in total. The summed E-state index contributed by atoms with van der Waals surface area (Å²) >= 11 is 0. The zero-order valence-electron chi connectivity index (χ0n) is 13.2. The number of phenols is 2. The van der Waals surface area contributed by atoms with Crippen LogP contribution in [0, 0.1) is 0 Å². The van der Waals surface area contributed by atoms with Crippen LogP contribution in [0.4, 0.5) is 5.69 Å². The second-order valence-corrected chi connectivity index (χ2v) is 5.46. The Bertz CT molecular complexity index is 929. The van der Waals surface area contributed by atoms with Gasteiger partial charge in [0.25, 0.3) is 5.91 Å². The van der Waals surface area contributed by atoms with Crippen LogP contribution in [-0.4, -0.2) is 32.9 Å². The predicted octanol–water partition coefficient (Wildman–Crippen LogP) is 2.60. The number of hydrogen-bond donors (Lipinski definition) is 3. The number of carbonyl (C=O) groups excluding carboxylic acids is 1. The topological polar surface area (TPSA) is 110 Å². The molecule has 0 saturated heterocycles. The van der Waals surface area contributed by atoms with Crippen molar-refractivity contribution in [3.63, 3.8) is 0 Å². The fourth-order valence-corrected chi connectivity index (χ4v) is 2.40. The molecule has 25 heavy (non-hydrogen) atoms. The van der Waals surface area contributed by atoms with Gasteiger partial charge in [0.15, 0.2) is 11.5 Å². The summed E-state index contributed by atoms with van der Waals surface area (Å²) in [6.07, 6.45) is 1.56. The van der Waals surface area contributed by atoms with Gasteiger partial charge in [-0.25, -0.2) is 4.79 Å². The van der Waals surface area contributed by atoms with E-state index in [4.69, 9.17) is 5.11 Å². The first-order valence-electron chi connectivity index (χ1n) is 7.34. The molecule has 1 amide bonds. The molecule has 0 unspecified atom stereocenters. The summed E-state index contributed by atoms with van der Waals surface area (Å²) < 4.78 is 0. The molecule has 0 saturated carbocycles. The number of carbonyl (C=O) groups is 2. The summed E-state index contributed by atoms with van der Waals surface area (Å²) in [5, 5.41) is 33.2. The first-order chi connectivity index (χ1) is 11.9. The highest BCUT2D eigenvalue weighted by Crippen LogP contribution is 2.28. The van der Waals surface area contributed by atoms with Crippen molar-refractivity contribution in [2.75, 3.05) is 5.01 Å². The largest absolute Gasteiger partial charge is 0.504 e. The standard InChI is InChI=1S/C18H14N2O5/c1-10-14(8-11-2-7-15(21)16(22)9-11)17(23)20(19-10)13-5-3-12(4-6-13)18(24)25/h2-9,21-22H,1H3,(H,24,25)/b14-8+. The molecule has 7 heteroatoms. The van der Waals surface area contributed by atoms with Crippen molar-refractivity contribution in [3.05, 3.63) is 59.2 Å². The van der Waals surface area contributed by atoms with E-state index in [1.54, 1.807) is 19.1 Å². The van der Waals surface area contributed by atoms with E-state index in [1.807, 2.05) is 0 Å². The minimum atomic E-state index is -1.05. The Morgan fingerprint density at radius 2 is 1.76 bits per heavy atom. The maximum Gasteiger partial charge on any atom is 0.335 e. The van der Waals surface area contributed by atoms with E-state index in [1.165, 1.54) is 41.4 Å². The molecule has 1 aliphatic heterocycles. The lowest BCUT2D eigenvalue weighted by Crippen LogP contribution is -2.21. The van der Waals surface area contributed by atoms with Crippen LogP contribution in [0.3, 0.4) is 0 Å². The third-order valence-electron chi connectivity index (χ3n) is 3.73. The molecule has 126 valence electrons. The third kappa shape index (κ3) is 3.07. The van der Waals surface area contributed by atoms with E-state index in [9.17, 15) is 19.8 Å². The zero-order chi connectivity index (χ0) is 18.1. The molecular weight excluding hydrogens is 324 g/mol. The number of aromatic carboxylic acids is 1. The summed E-state index contributed by atoms with van der Waals surface area (Å²) in [4.78, 5) is 23.5. The van der Waals surface area contributed by atoms with Crippen LogP contribution >= 0.6 is 0 Å². The van der Waals surface area contributed by atoms with Crippen molar-refractivity contribution in [1.29, 1.82) is 0 Å². The molecule has 0 aliphatic carbocycles. The SMILES string of the molecule is CC1=NN(c2ccc(C(=O)O)cc2)C(=O)/C1=C/c1ccc(O)c(O)c1. The highest BCUT2D eigenvalue weighted by molar-refractivity contribution is 6.32. The van der Waals surface area contributed by atoms with Crippen molar-refractivity contribution < 1.29 is 24.9 Å². The number of benzene rings is 2. The molecule has 0 spiro atoms. The van der Waals surface area contributed by atoms with E-state index < -0.39 is 5.97 Å². The van der Waals surface area contributed by atoms with Crippen LogP contribution in [0.25, 0.3) is 6.08 Å². The molecule has 0 atom stereocenters. The summed E-state index contributed by atoms with van der Waals surface area (Å²) in [5.74, 6) is -1.94. The van der Waals surface area contributed by atoms with Crippen LogP contribution in [0.2, 0.25) is 0 Å². The first kappa shape index (κ1) is 16.3. The molecule has 3 rings (SSSR count). The van der Waals surface area contributed by atoms with Gasteiger partial charge in [-0.05, 0) is 55.0 Å². The van der Waals surface area contributed by atoms with Crippen LogP contribution in [0.5, 0.6) is 11.5 Å². The lowest BCUT2D eigenvalue weighted by molar-refractivity contribution is -0.114. The van der Waals surface area contributed by atoms with Gasteiger partial charge in [0.2, 0.25) is 0 Å². The Morgan fingerprint density at radius 3 is 2.36 bits per heavy atom. The molecule has 1 aliphatic rings. The average Bonchev–Trinajstić information content (AvgIpc) is 2.86. The smallest absolute Gasteiger partial charge is 0.335 e. The monoisotopic (exact) mass is 338 g/mol. The number of nitrogens with zero attached hydrogens (tertiary/aromatic N) is 2. The van der Waals surface area contributed by atoms with Gasteiger partial charge in [0.05, 0.1) is 22.5 Å². The van der Waals surface area contributed by atoms with Crippen molar-refractivity contribution in [1.82, 2.24) is 0 Å². The minimum Gasteiger partial charge on any atom is -0.504 e. The van der Waals surface area contributed by atoms with Crippen LogP contribution < -0.4 is 5.01 Å². The molecule has 2 aromatic rings. The first-order valence-corrected chi connectivity index (χ1v) is 7.34. The van der Waals surface area contributed by atoms with Crippen LogP contribution in [0.1, 0.15) is 22.8 Å². The van der Waals surface area contributed by atoms with Crippen molar-refractivity contribution in [3.8, 4) is 11.5 Å². The fourth-order valence-electron chi connectivity index (χ4n) is 2.40. The number of phenolic OH excluding ortho intramolecular Hbond substituents is 2. The molecule has 1 heterocycles. The number of rotatable bonds is 3. The van der Waals surface area contributed by atoms with Gasteiger partial charge in [-0.15, -0.1) is 0 Å². The average molecular weight is 338 g/mol. The number of aromatic hydroxyl groups is 2. The summed E-state index contributed by atoms with van der Waals surface area (Å²) in [5.41, 5.74) is 1.93. The zero-order valence-corrected chi connectivity index (χ0v) is 13.2. The predicted molar refractivity (Wildman–Crippen MR) is 91.7 cm³/mol. The number of amides is 1. The molecular formula is C18H14N2O5. The maximum atomic E-state index is 12.6. The lowest BCUT2D eigenvalue weighted by atomic mass is 10.1. The molecule has 7 nitrogen and oxygen atoms in total. The quantitative estimate of drug-likeness (QED) is 0.588. The Morgan fingerprint density at radius 1 is 1.08 bits per heavy atom. The van der Waals surface area contributed by atoms with E-state index in [0.717, 1.165) is 0 Å². The maximum absolute atomic E-state index is 12.6. The van der Waals surface area contributed by atoms with Gasteiger partial charge >= 0.3 is 5.97 Å². The summed E-state index contributed by atoms with van der Waals surface area (Å²) in [6, 6.07) is 10.0. The number of carboxylic acid groups (broad SMARTS) is 1. The number of hydrazone groups is 1. The number of carboxylic acids is 1. The lowest BCUT2D eigenvalue weighted by Gasteiger charge is -2.11. The van der Waals surface area contributed by atoms with Crippen molar-refractivity contribution >= 4 is 29.4 Å². The molecule has 0 bridgehead atoms. The molecule has 0 aromatic heterocycles. The van der Waals surface area contributed by atoms with Gasteiger partial charge in [0.1, 0.15) is 0 Å². The van der Waals surface area contributed by atoms with Crippen molar-refractivity contribution in [2.45, 2.75) is 6.92 Å². The molecule has 0 radical (unpaired) electrons. The highest BCUT2D eigenvalue weighted by atomic mass is 16.4. The summed E-state index contributed by atoms with van der Waals surface area (Å²) in [6.45, 7) is 1.68. The van der Waals surface area contributed by atoms with Gasteiger partial charge < -0.3 is 15.3 Å². The van der Waals surface area contributed by atoms with E-state index in [0.29, 0.717) is 22.5 Å². The van der Waals surface area contributed by atoms with Gasteiger partial charge in [0, 0.05) is 0 Å². The Hall–Kier alpha value is -3.61. The van der Waals surface area contributed by atoms with Gasteiger partial charge in [-0.3, -0.25) is 4.79 Å². The highest BCUT2D eigenvalue weighted by Gasteiger charge is 2.28. The van der Waals surface area contributed by atoms with E-state index >= 15 is 0 Å². The fraction of sp³-hybridized carbons (Fsp3) is 0.0556. The molecule has 2 aromatic carbocycles. The normalized spacial score (nSPS) is 15.6. The Labute approximate surface area is 142 Å². The van der Waals surface area contributed by atoms with E-state index in [2.05, 4.69) is 5.10 Å².